The number of hydrogen-bond donors (Lipinski definition) is 2. The zero-order chi connectivity index (χ0) is 23.3. The Labute approximate surface area is 185 Å². The summed E-state index contributed by atoms with van der Waals surface area (Å²) in [6.45, 7) is 3.37. The minimum absolute atomic E-state index is 0.0249. The Morgan fingerprint density at radius 3 is 2.62 bits per heavy atom. The van der Waals surface area contributed by atoms with Gasteiger partial charge in [-0.15, -0.1) is 0 Å². The Bertz CT molecular complexity index is 1070. The van der Waals surface area contributed by atoms with Crippen molar-refractivity contribution in [1.82, 2.24) is 14.9 Å². The number of halogens is 3. The monoisotopic (exact) mass is 443 g/mol. The first-order chi connectivity index (χ1) is 15.2. The summed E-state index contributed by atoms with van der Waals surface area (Å²) in [6.07, 6.45) is 1.91. The summed E-state index contributed by atoms with van der Waals surface area (Å²) >= 11 is 0. The van der Waals surface area contributed by atoms with Crippen LogP contribution in [0.5, 0.6) is 0 Å². The minimum atomic E-state index is -1.34. The molecule has 5 nitrogen and oxygen atoms in total. The summed E-state index contributed by atoms with van der Waals surface area (Å²) in [4.78, 5) is 17.1. The number of imidazole rings is 1. The fourth-order valence-corrected chi connectivity index (χ4v) is 3.18. The number of aromatic nitrogens is 2. The molecule has 1 amide bonds. The second-order valence-electron chi connectivity index (χ2n) is 8.13. The van der Waals surface area contributed by atoms with Crippen LogP contribution in [-0.4, -0.2) is 34.7 Å². The van der Waals surface area contributed by atoms with Crippen molar-refractivity contribution in [3.63, 3.8) is 0 Å². The molecule has 0 aliphatic carbocycles. The molecule has 0 aliphatic rings. The highest BCUT2D eigenvalue weighted by Crippen LogP contribution is 2.29. The third-order valence-corrected chi connectivity index (χ3v) is 5.02. The van der Waals surface area contributed by atoms with Gasteiger partial charge in [0.25, 0.3) is 0 Å². The molecule has 1 atom stereocenters. The van der Waals surface area contributed by atoms with Gasteiger partial charge in [-0.2, -0.15) is 0 Å². The van der Waals surface area contributed by atoms with E-state index in [0.29, 0.717) is 12.4 Å². The van der Waals surface area contributed by atoms with Crippen molar-refractivity contribution in [2.45, 2.75) is 26.6 Å². The average molecular weight is 443 g/mol. The smallest absolute Gasteiger partial charge is 0.226 e. The minimum Gasteiger partial charge on any atom is -0.353 e. The number of nitrogens with one attached hydrogen (secondary N) is 1. The van der Waals surface area contributed by atoms with Crippen LogP contribution in [0.4, 0.5) is 13.2 Å². The Hall–Kier alpha value is -3.13. The Morgan fingerprint density at radius 2 is 1.94 bits per heavy atom. The molecule has 0 unspecified atom stereocenters. The molecule has 1 radical (unpaired) electrons. The quantitative estimate of drug-likeness (QED) is 0.527. The summed E-state index contributed by atoms with van der Waals surface area (Å²) in [5.41, 5.74) is 5.45. The number of hydrogen-bond acceptors (Lipinski definition) is 3. The summed E-state index contributed by atoms with van der Waals surface area (Å²) in [6, 6.07) is 12.7. The van der Waals surface area contributed by atoms with Crippen molar-refractivity contribution in [1.29, 1.82) is 0 Å². The van der Waals surface area contributed by atoms with E-state index >= 15 is 0 Å². The second-order valence-corrected chi connectivity index (χ2v) is 8.13. The lowest BCUT2D eigenvalue weighted by Gasteiger charge is -2.23. The Balaban J connectivity index is 1.93. The van der Waals surface area contributed by atoms with Crippen LogP contribution in [0.15, 0.2) is 54.7 Å². The molecule has 1 aromatic heterocycles. The lowest BCUT2D eigenvalue weighted by molar-refractivity contribution is -0.127. The lowest BCUT2D eigenvalue weighted by atomic mass is 9.87. The summed E-state index contributed by atoms with van der Waals surface area (Å²) in [5.74, 6) is -1.18. The largest absolute Gasteiger partial charge is 0.353 e. The van der Waals surface area contributed by atoms with Gasteiger partial charge in [0, 0.05) is 31.3 Å². The van der Waals surface area contributed by atoms with E-state index in [1.165, 1.54) is 0 Å². The van der Waals surface area contributed by atoms with E-state index in [-0.39, 0.29) is 24.3 Å². The third kappa shape index (κ3) is 5.76. The van der Waals surface area contributed by atoms with E-state index in [2.05, 4.69) is 10.3 Å². The molecule has 0 saturated heterocycles. The highest BCUT2D eigenvalue weighted by Gasteiger charge is 2.31. The molecule has 0 bridgehead atoms. The highest BCUT2D eigenvalue weighted by molar-refractivity contribution is 5.83. The van der Waals surface area contributed by atoms with Crippen molar-refractivity contribution in [2.24, 2.45) is 11.1 Å². The zero-order valence-corrected chi connectivity index (χ0v) is 18.0. The molecule has 8 heteroatoms. The van der Waals surface area contributed by atoms with Crippen LogP contribution >= 0.6 is 0 Å². The molecule has 0 saturated carbocycles. The topological polar surface area (TPSA) is 72.9 Å². The molecule has 2 aromatic carbocycles. The van der Waals surface area contributed by atoms with Gasteiger partial charge in [-0.25, -0.2) is 18.2 Å². The summed E-state index contributed by atoms with van der Waals surface area (Å²) in [7, 11) is 0. The molecule has 0 fully saturated rings. The van der Waals surface area contributed by atoms with Gasteiger partial charge >= 0.3 is 0 Å². The molecule has 3 aromatic rings. The fraction of sp³-hybridized carbons (Fsp3) is 0.292. The van der Waals surface area contributed by atoms with E-state index in [0.717, 1.165) is 23.8 Å². The van der Waals surface area contributed by atoms with Crippen LogP contribution < -0.4 is 11.1 Å². The van der Waals surface area contributed by atoms with Crippen LogP contribution in [0.1, 0.15) is 25.2 Å². The molecule has 0 spiro atoms. The molecule has 169 valence electrons. The van der Waals surface area contributed by atoms with Gasteiger partial charge in [0.2, 0.25) is 5.91 Å². The standard InChI is InChI=1S/C24H26F3N4O/c1-24(2,23(32)29-13-18(26)12-28)11-22-30-21(19-10-17(25)8-9-20(19)27)15-31(22)14-16-6-4-3-5-7-16/h3-11,15,18H,12-14,28H2,1-2H3,(H,29,32)/t18-/m1/s1. The molecular formula is C24H26F3N4O. The number of carbonyl (C=O) groups excluding carboxylic acids is 1. The van der Waals surface area contributed by atoms with Crippen LogP contribution in [0.3, 0.4) is 0 Å². The Morgan fingerprint density at radius 1 is 1.22 bits per heavy atom. The molecule has 1 heterocycles. The molecule has 3 N–H and O–H groups in total. The van der Waals surface area contributed by atoms with Crippen molar-refractivity contribution in [2.75, 3.05) is 13.1 Å². The van der Waals surface area contributed by atoms with Crippen molar-refractivity contribution < 1.29 is 18.0 Å². The maximum Gasteiger partial charge on any atom is 0.226 e. The summed E-state index contributed by atoms with van der Waals surface area (Å²) < 4.78 is 43.3. The van der Waals surface area contributed by atoms with Gasteiger partial charge in [0.05, 0.1) is 17.7 Å². The van der Waals surface area contributed by atoms with Gasteiger partial charge in [-0.05, 0) is 23.8 Å². The SMILES string of the molecule is CC(C)([CH]c1nc(-c2cc(F)ccc2F)cn1Cc1ccccc1)C(=O)NC[C@H](F)CN. The maximum atomic E-state index is 14.4. The van der Waals surface area contributed by atoms with Crippen LogP contribution in [0.25, 0.3) is 11.3 Å². The number of carbonyl (C=O) groups is 1. The average Bonchev–Trinajstić information content (AvgIpc) is 3.15. The van der Waals surface area contributed by atoms with E-state index in [9.17, 15) is 18.0 Å². The molecule has 0 aliphatic heterocycles. The number of benzene rings is 2. The van der Waals surface area contributed by atoms with Crippen molar-refractivity contribution >= 4 is 5.91 Å². The molecule has 32 heavy (non-hydrogen) atoms. The third-order valence-electron chi connectivity index (χ3n) is 5.02. The van der Waals surface area contributed by atoms with E-state index < -0.39 is 29.1 Å². The van der Waals surface area contributed by atoms with Crippen molar-refractivity contribution in [3.05, 3.63) is 84.2 Å². The number of rotatable bonds is 9. The van der Waals surface area contributed by atoms with Crippen LogP contribution in [0.2, 0.25) is 0 Å². The normalized spacial score (nSPS) is 12.6. The second kappa shape index (κ2) is 9.99. The Kier molecular flexibility index (Phi) is 7.35. The molecule has 3 rings (SSSR count). The number of nitrogens with zero attached hydrogens (tertiary/aromatic N) is 2. The van der Waals surface area contributed by atoms with E-state index in [1.807, 2.05) is 30.3 Å². The first-order valence-electron chi connectivity index (χ1n) is 10.2. The fourth-order valence-electron chi connectivity index (χ4n) is 3.18. The van der Waals surface area contributed by atoms with Gasteiger partial charge < -0.3 is 15.6 Å². The lowest BCUT2D eigenvalue weighted by Crippen LogP contribution is -2.42. The van der Waals surface area contributed by atoms with Gasteiger partial charge in [-0.1, -0.05) is 44.2 Å². The van der Waals surface area contributed by atoms with E-state index in [1.54, 1.807) is 31.0 Å². The highest BCUT2D eigenvalue weighted by atomic mass is 19.1. The molecular weight excluding hydrogens is 417 g/mol. The van der Waals surface area contributed by atoms with Crippen LogP contribution in [0, 0.1) is 23.5 Å². The predicted molar refractivity (Wildman–Crippen MR) is 117 cm³/mol. The van der Waals surface area contributed by atoms with Crippen molar-refractivity contribution in [3.8, 4) is 11.3 Å². The number of alkyl halides is 1. The van der Waals surface area contributed by atoms with Gasteiger partial charge in [0.15, 0.2) is 0 Å². The number of nitrogens with two attached hydrogens (primary N) is 1. The predicted octanol–water partition coefficient (Wildman–Crippen LogP) is 3.87. The summed E-state index contributed by atoms with van der Waals surface area (Å²) in [5, 5.41) is 2.55. The van der Waals surface area contributed by atoms with Gasteiger partial charge in [0.1, 0.15) is 23.6 Å². The first-order valence-corrected chi connectivity index (χ1v) is 10.2. The maximum absolute atomic E-state index is 14.4. The zero-order valence-electron chi connectivity index (χ0n) is 18.0. The van der Waals surface area contributed by atoms with Gasteiger partial charge in [-0.3, -0.25) is 4.79 Å². The van der Waals surface area contributed by atoms with Crippen LogP contribution in [-0.2, 0) is 11.3 Å². The first kappa shape index (κ1) is 23.5. The van der Waals surface area contributed by atoms with E-state index in [4.69, 9.17) is 5.73 Å². The number of amides is 1.